The van der Waals surface area contributed by atoms with Crippen molar-refractivity contribution in [3.63, 3.8) is 0 Å². The van der Waals surface area contributed by atoms with Crippen LogP contribution < -0.4 is 14.4 Å². The number of amides is 1. The highest BCUT2D eigenvalue weighted by molar-refractivity contribution is 8.27. The monoisotopic (exact) mass is 481 g/mol. The Balaban J connectivity index is 1.54. The van der Waals surface area contributed by atoms with Crippen molar-refractivity contribution in [2.75, 3.05) is 11.5 Å². The maximum atomic E-state index is 13.0. The van der Waals surface area contributed by atoms with Crippen LogP contribution in [0.2, 0.25) is 5.02 Å². The van der Waals surface area contributed by atoms with Gasteiger partial charge in [0.2, 0.25) is 0 Å². The summed E-state index contributed by atoms with van der Waals surface area (Å²) in [4.78, 5) is 15.1. The predicted molar refractivity (Wildman–Crippen MR) is 135 cm³/mol. The van der Waals surface area contributed by atoms with Crippen LogP contribution >= 0.6 is 35.6 Å². The molecule has 0 aromatic heterocycles. The molecule has 1 heterocycles. The van der Waals surface area contributed by atoms with Crippen LogP contribution in [-0.4, -0.2) is 16.8 Å². The second-order valence-corrected chi connectivity index (χ2v) is 9.02. The molecule has 3 aromatic carbocycles. The Kier molecular flexibility index (Phi) is 7.15. The molecular weight excluding hydrogens is 462 g/mol. The summed E-state index contributed by atoms with van der Waals surface area (Å²) in [5.41, 5.74) is 2.60. The SMILES string of the molecule is CCOc1cc(/C=C2/SC(=S)N(c3ccccc3)C2=O)ccc1OCc1ccc(Cl)cc1. The van der Waals surface area contributed by atoms with Crippen LogP contribution in [0.25, 0.3) is 6.08 Å². The lowest BCUT2D eigenvalue weighted by atomic mass is 10.1. The number of carbonyl (C=O) groups excluding carboxylic acids is 1. The molecule has 1 aliphatic heterocycles. The molecule has 0 bridgehead atoms. The zero-order valence-electron chi connectivity index (χ0n) is 17.3. The maximum absolute atomic E-state index is 13.0. The molecule has 0 aliphatic carbocycles. The van der Waals surface area contributed by atoms with Crippen LogP contribution in [0, 0.1) is 0 Å². The fourth-order valence-corrected chi connectivity index (χ4v) is 4.59. The Morgan fingerprint density at radius 2 is 1.75 bits per heavy atom. The molecule has 0 atom stereocenters. The first-order valence-corrected chi connectivity index (χ1v) is 11.6. The Bertz CT molecular complexity index is 1160. The largest absolute Gasteiger partial charge is 0.490 e. The summed E-state index contributed by atoms with van der Waals surface area (Å²) in [7, 11) is 0. The molecule has 0 N–H and O–H groups in total. The van der Waals surface area contributed by atoms with Crippen molar-refractivity contribution in [3.8, 4) is 11.5 Å². The summed E-state index contributed by atoms with van der Waals surface area (Å²) in [5.74, 6) is 1.12. The van der Waals surface area contributed by atoms with E-state index in [2.05, 4.69) is 0 Å². The molecule has 162 valence electrons. The van der Waals surface area contributed by atoms with Crippen molar-refractivity contribution < 1.29 is 14.3 Å². The van der Waals surface area contributed by atoms with Crippen molar-refractivity contribution in [1.29, 1.82) is 0 Å². The lowest BCUT2D eigenvalue weighted by Crippen LogP contribution is -2.27. The first-order chi connectivity index (χ1) is 15.5. The Labute approximate surface area is 201 Å². The molecule has 1 fully saturated rings. The number of hydrogen-bond acceptors (Lipinski definition) is 5. The molecule has 7 heteroatoms. The molecule has 4 rings (SSSR count). The average molecular weight is 482 g/mol. The van der Waals surface area contributed by atoms with Crippen LogP contribution in [0.3, 0.4) is 0 Å². The van der Waals surface area contributed by atoms with Gasteiger partial charge in [0, 0.05) is 5.02 Å². The Morgan fingerprint density at radius 1 is 1.00 bits per heavy atom. The van der Waals surface area contributed by atoms with E-state index in [-0.39, 0.29) is 5.91 Å². The summed E-state index contributed by atoms with van der Waals surface area (Å²) in [6.45, 7) is 2.81. The van der Waals surface area contributed by atoms with E-state index < -0.39 is 0 Å². The van der Waals surface area contributed by atoms with Crippen LogP contribution in [0.4, 0.5) is 5.69 Å². The fourth-order valence-electron chi connectivity index (χ4n) is 3.16. The third kappa shape index (κ3) is 5.15. The van der Waals surface area contributed by atoms with E-state index in [0.717, 1.165) is 16.8 Å². The number of thiocarbonyl (C=S) groups is 1. The standard InChI is InChI=1S/C25H20ClNO3S2/c1-2-29-22-14-18(10-13-21(22)30-16-17-8-11-19(26)12-9-17)15-23-24(28)27(25(31)32-23)20-6-4-3-5-7-20/h3-15H,2,16H2,1H3/b23-15+. The lowest BCUT2D eigenvalue weighted by molar-refractivity contribution is -0.113. The minimum absolute atomic E-state index is 0.132. The van der Waals surface area contributed by atoms with Gasteiger partial charge in [-0.05, 0) is 60.5 Å². The van der Waals surface area contributed by atoms with Crippen molar-refractivity contribution in [2.45, 2.75) is 13.5 Å². The molecule has 0 spiro atoms. The van der Waals surface area contributed by atoms with Crippen molar-refractivity contribution in [1.82, 2.24) is 0 Å². The van der Waals surface area contributed by atoms with Crippen LogP contribution in [0.5, 0.6) is 11.5 Å². The van der Waals surface area contributed by atoms with Gasteiger partial charge >= 0.3 is 0 Å². The molecule has 1 aliphatic rings. The number of rotatable bonds is 7. The van der Waals surface area contributed by atoms with Gasteiger partial charge in [-0.2, -0.15) is 0 Å². The molecular formula is C25H20ClNO3S2. The molecule has 0 unspecified atom stereocenters. The van der Waals surface area contributed by atoms with E-state index in [1.807, 2.05) is 85.8 Å². The normalized spacial score (nSPS) is 14.8. The number of ether oxygens (including phenoxy) is 2. The molecule has 0 radical (unpaired) electrons. The highest BCUT2D eigenvalue weighted by Gasteiger charge is 2.33. The number of halogens is 1. The second-order valence-electron chi connectivity index (χ2n) is 6.91. The predicted octanol–water partition coefficient (Wildman–Crippen LogP) is 6.72. The fraction of sp³-hybridized carbons (Fsp3) is 0.120. The molecule has 1 amide bonds. The Hall–Kier alpha value is -2.80. The zero-order chi connectivity index (χ0) is 22.5. The van der Waals surface area contributed by atoms with Gasteiger partial charge in [0.25, 0.3) is 5.91 Å². The van der Waals surface area contributed by atoms with E-state index in [4.69, 9.17) is 33.3 Å². The van der Waals surface area contributed by atoms with E-state index in [1.54, 1.807) is 4.90 Å². The first-order valence-electron chi connectivity index (χ1n) is 10.0. The van der Waals surface area contributed by atoms with Crippen LogP contribution in [0.15, 0.2) is 77.7 Å². The molecule has 3 aromatic rings. The third-order valence-electron chi connectivity index (χ3n) is 4.68. The quantitative estimate of drug-likeness (QED) is 0.276. The van der Waals surface area contributed by atoms with Crippen molar-refractivity contribution in [2.24, 2.45) is 0 Å². The van der Waals surface area contributed by atoms with Crippen LogP contribution in [0.1, 0.15) is 18.1 Å². The molecule has 0 saturated carbocycles. The highest BCUT2D eigenvalue weighted by Crippen LogP contribution is 2.37. The van der Waals surface area contributed by atoms with E-state index in [9.17, 15) is 4.79 Å². The lowest BCUT2D eigenvalue weighted by Gasteiger charge is -2.14. The summed E-state index contributed by atoms with van der Waals surface area (Å²) >= 11 is 12.7. The van der Waals surface area contributed by atoms with Crippen molar-refractivity contribution >= 4 is 57.6 Å². The molecule has 32 heavy (non-hydrogen) atoms. The van der Waals surface area contributed by atoms with E-state index in [1.165, 1.54) is 11.8 Å². The van der Waals surface area contributed by atoms with Gasteiger partial charge < -0.3 is 9.47 Å². The maximum Gasteiger partial charge on any atom is 0.270 e. The van der Waals surface area contributed by atoms with Gasteiger partial charge in [0.15, 0.2) is 15.8 Å². The number of hydrogen-bond donors (Lipinski definition) is 0. The Morgan fingerprint density at radius 3 is 2.47 bits per heavy atom. The van der Waals surface area contributed by atoms with E-state index >= 15 is 0 Å². The van der Waals surface area contributed by atoms with Crippen molar-refractivity contribution in [3.05, 3.63) is 93.9 Å². The summed E-state index contributed by atoms with van der Waals surface area (Å²) in [6.07, 6.45) is 1.83. The van der Waals surface area contributed by atoms with Gasteiger partial charge in [0.1, 0.15) is 6.61 Å². The minimum Gasteiger partial charge on any atom is -0.490 e. The second kappa shape index (κ2) is 10.2. The summed E-state index contributed by atoms with van der Waals surface area (Å²) < 4.78 is 12.3. The number of anilines is 1. The van der Waals surface area contributed by atoms with Gasteiger partial charge in [-0.3, -0.25) is 9.69 Å². The third-order valence-corrected chi connectivity index (χ3v) is 6.24. The first kappa shape index (κ1) is 22.4. The number of nitrogens with zero attached hydrogens (tertiary/aromatic N) is 1. The van der Waals surface area contributed by atoms with Gasteiger partial charge in [-0.1, -0.05) is 72.0 Å². The van der Waals surface area contributed by atoms with Gasteiger partial charge in [-0.25, -0.2) is 0 Å². The minimum atomic E-state index is -0.132. The summed E-state index contributed by atoms with van der Waals surface area (Å²) in [5, 5.41) is 0.686. The number of para-hydroxylation sites is 1. The highest BCUT2D eigenvalue weighted by atomic mass is 35.5. The molecule has 1 saturated heterocycles. The number of carbonyl (C=O) groups is 1. The van der Waals surface area contributed by atoms with Gasteiger partial charge in [-0.15, -0.1) is 0 Å². The smallest absolute Gasteiger partial charge is 0.270 e. The zero-order valence-corrected chi connectivity index (χ0v) is 19.7. The average Bonchev–Trinajstić information content (AvgIpc) is 3.08. The number of benzene rings is 3. The molecule has 4 nitrogen and oxygen atoms in total. The summed E-state index contributed by atoms with van der Waals surface area (Å²) in [6, 6.07) is 22.5. The van der Waals surface area contributed by atoms with E-state index in [0.29, 0.717) is 39.0 Å². The topological polar surface area (TPSA) is 38.8 Å². The van der Waals surface area contributed by atoms with Gasteiger partial charge in [0.05, 0.1) is 17.2 Å². The number of thioether (sulfide) groups is 1. The van der Waals surface area contributed by atoms with Crippen LogP contribution in [-0.2, 0) is 11.4 Å².